The molecule has 2 fully saturated rings. The van der Waals surface area contributed by atoms with Crippen LogP contribution in [-0.2, 0) is 16.0 Å². The monoisotopic (exact) mass is 640 g/mol. The Labute approximate surface area is 265 Å². The van der Waals surface area contributed by atoms with Gasteiger partial charge in [0.05, 0.1) is 25.9 Å². The van der Waals surface area contributed by atoms with Gasteiger partial charge in [0.2, 0.25) is 0 Å². The van der Waals surface area contributed by atoms with Crippen LogP contribution in [0.25, 0.3) is 21.8 Å². The van der Waals surface area contributed by atoms with Crippen LogP contribution in [0.3, 0.4) is 0 Å². The maximum atomic E-state index is 10.8. The van der Waals surface area contributed by atoms with E-state index < -0.39 is 80.4 Å². The van der Waals surface area contributed by atoms with Gasteiger partial charge in [-0.25, -0.2) is 0 Å². The normalized spacial score (nSPS) is 32.2. The number of ether oxygens (including phenoxy) is 2. The van der Waals surface area contributed by atoms with Crippen molar-refractivity contribution in [3.8, 4) is 23.7 Å². The predicted molar refractivity (Wildman–Crippen MR) is 165 cm³/mol. The third-order valence-electron chi connectivity index (χ3n) is 8.34. The minimum Gasteiger partial charge on any atom is -0.394 e. The van der Waals surface area contributed by atoms with E-state index in [9.17, 15) is 46.0 Å². The molecule has 0 saturated carbocycles. The average molecular weight is 641 g/mol. The Kier molecular flexibility index (Phi) is 10.7. The molecule has 0 bridgehead atoms. The largest absolute Gasteiger partial charge is 0.394 e. The molecule has 2 saturated heterocycles. The lowest BCUT2D eigenvalue weighted by Gasteiger charge is -2.37. The highest BCUT2D eigenvalue weighted by molar-refractivity contribution is 6.09. The lowest BCUT2D eigenvalue weighted by molar-refractivity contribution is -0.214. The van der Waals surface area contributed by atoms with Crippen LogP contribution in [0.15, 0.2) is 36.4 Å². The van der Waals surface area contributed by atoms with Gasteiger partial charge in [-0.15, -0.1) is 0 Å². The molecule has 3 aromatic rings. The van der Waals surface area contributed by atoms with Crippen LogP contribution in [0.1, 0.15) is 11.1 Å². The number of nitrogens with zero attached hydrogens (tertiary/aromatic N) is 2. The minimum absolute atomic E-state index is 0.296. The highest BCUT2D eigenvalue weighted by Gasteiger charge is 2.43. The molecule has 1 unspecified atom stereocenters. The van der Waals surface area contributed by atoms with E-state index in [-0.39, 0.29) is 0 Å². The number of hydrogen-bond donors (Lipinski definition) is 9. The first kappa shape index (κ1) is 34.2. The van der Waals surface area contributed by atoms with Crippen LogP contribution in [0, 0.1) is 23.7 Å². The van der Waals surface area contributed by atoms with Crippen LogP contribution in [-0.4, -0.2) is 156 Å². The molecular weight excluding hydrogens is 600 g/mol. The second-order valence-electron chi connectivity index (χ2n) is 12.0. The van der Waals surface area contributed by atoms with Gasteiger partial charge in [-0.3, -0.25) is 0 Å². The molecule has 1 aromatic heterocycles. The van der Waals surface area contributed by atoms with Crippen molar-refractivity contribution in [2.45, 2.75) is 73.7 Å². The molecule has 2 aliphatic heterocycles. The summed E-state index contributed by atoms with van der Waals surface area (Å²) in [4.78, 5) is 1.89. The summed E-state index contributed by atoms with van der Waals surface area (Å²) in [5.74, 6) is 11.5. The standard InChI is InChI=1S/C33H40N2O11/c1-34(2)13-19(38)14-35-22-7-3-17(5-9-24-28(39)32(43)30(41)26(15-36)45-24)11-20(22)21-12-18(4-8-23(21)35)6-10-25-29(40)33(44)31(42)27(16-37)46-25/h3-4,7-8,11-12,19,24-33,36-44H,13-16H2,1-2H3/t19?,24-,25-,26-,27-,28-,29-,30-,31-,32-,33-/m1/s1. The smallest absolute Gasteiger partial charge is 0.147 e. The molecule has 2 aromatic carbocycles. The maximum Gasteiger partial charge on any atom is 0.147 e. The van der Waals surface area contributed by atoms with E-state index in [4.69, 9.17) is 9.47 Å². The van der Waals surface area contributed by atoms with Gasteiger partial charge in [-0.1, -0.05) is 23.7 Å². The second-order valence-corrected chi connectivity index (χ2v) is 12.0. The van der Waals surface area contributed by atoms with Gasteiger partial charge in [0.1, 0.15) is 61.0 Å². The number of aliphatic hydroxyl groups is 9. The van der Waals surface area contributed by atoms with E-state index in [0.29, 0.717) is 24.2 Å². The number of rotatable bonds is 6. The maximum absolute atomic E-state index is 10.8. The number of aromatic nitrogens is 1. The fourth-order valence-electron chi connectivity index (χ4n) is 5.90. The molecule has 13 heteroatoms. The molecule has 0 spiro atoms. The fourth-order valence-corrected chi connectivity index (χ4v) is 5.90. The summed E-state index contributed by atoms with van der Waals surface area (Å²) >= 11 is 0. The first-order valence-corrected chi connectivity index (χ1v) is 15.0. The number of hydrogen-bond acceptors (Lipinski definition) is 12. The molecule has 0 aliphatic carbocycles. The summed E-state index contributed by atoms with van der Waals surface area (Å²) in [6.07, 6.45) is -14.2. The lowest BCUT2D eigenvalue weighted by atomic mass is 9.95. The quantitative estimate of drug-likeness (QED) is 0.124. The van der Waals surface area contributed by atoms with Gasteiger partial charge in [-0.2, -0.15) is 0 Å². The molecule has 3 heterocycles. The Bertz CT molecular complexity index is 1540. The Morgan fingerprint density at radius 2 is 1.13 bits per heavy atom. The number of benzene rings is 2. The fraction of sp³-hybridized carbons (Fsp3) is 0.515. The summed E-state index contributed by atoms with van der Waals surface area (Å²) in [6, 6.07) is 10.9. The van der Waals surface area contributed by atoms with Gasteiger partial charge in [0, 0.05) is 39.5 Å². The predicted octanol–water partition coefficient (Wildman–Crippen LogP) is -2.90. The Balaban J connectivity index is 1.53. The van der Waals surface area contributed by atoms with Crippen LogP contribution in [0.2, 0.25) is 0 Å². The zero-order chi connectivity index (χ0) is 33.3. The summed E-state index contributed by atoms with van der Waals surface area (Å²) in [6.45, 7) is -0.387. The van der Waals surface area contributed by atoms with Crippen LogP contribution < -0.4 is 0 Å². The van der Waals surface area contributed by atoms with Crippen molar-refractivity contribution in [2.24, 2.45) is 0 Å². The van der Waals surface area contributed by atoms with Gasteiger partial charge in [-0.05, 0) is 50.5 Å². The average Bonchev–Trinajstić information content (AvgIpc) is 3.33. The molecule has 46 heavy (non-hydrogen) atoms. The lowest BCUT2D eigenvalue weighted by Crippen LogP contribution is -2.58. The molecule has 0 amide bonds. The highest BCUT2D eigenvalue weighted by atomic mass is 16.5. The number of fused-ring (bicyclic) bond motifs is 3. The van der Waals surface area contributed by atoms with Gasteiger partial charge < -0.3 is 64.9 Å². The third kappa shape index (κ3) is 6.93. The van der Waals surface area contributed by atoms with E-state index in [2.05, 4.69) is 23.7 Å². The summed E-state index contributed by atoms with van der Waals surface area (Å²) < 4.78 is 13.0. The summed E-state index contributed by atoms with van der Waals surface area (Å²) in [7, 11) is 3.74. The third-order valence-corrected chi connectivity index (χ3v) is 8.34. The minimum atomic E-state index is -1.54. The number of aliphatic hydroxyl groups excluding tert-OH is 9. The second kappa shape index (κ2) is 14.3. The van der Waals surface area contributed by atoms with Crippen molar-refractivity contribution in [1.82, 2.24) is 9.47 Å². The van der Waals surface area contributed by atoms with Crippen LogP contribution >= 0.6 is 0 Å². The van der Waals surface area contributed by atoms with Crippen molar-refractivity contribution in [2.75, 3.05) is 33.9 Å². The van der Waals surface area contributed by atoms with Gasteiger partial charge in [0.15, 0.2) is 0 Å². The van der Waals surface area contributed by atoms with Gasteiger partial charge >= 0.3 is 0 Å². The van der Waals surface area contributed by atoms with Crippen LogP contribution in [0.5, 0.6) is 0 Å². The first-order valence-electron chi connectivity index (χ1n) is 15.0. The van der Waals surface area contributed by atoms with Crippen molar-refractivity contribution in [1.29, 1.82) is 0 Å². The van der Waals surface area contributed by atoms with Crippen LogP contribution in [0.4, 0.5) is 0 Å². The molecule has 13 nitrogen and oxygen atoms in total. The molecular formula is C33H40N2O11. The molecule has 2 aliphatic rings. The molecule has 0 radical (unpaired) electrons. The topological polar surface area (TPSA) is 209 Å². The summed E-state index contributed by atoms with van der Waals surface area (Å²) in [5, 5.41) is 92.5. The highest BCUT2D eigenvalue weighted by Crippen LogP contribution is 2.31. The molecule has 5 rings (SSSR count). The Hall–Kier alpha value is -3.12. The zero-order valence-corrected chi connectivity index (χ0v) is 25.4. The molecule has 248 valence electrons. The zero-order valence-electron chi connectivity index (χ0n) is 25.4. The van der Waals surface area contributed by atoms with Crippen molar-refractivity contribution < 1.29 is 55.4 Å². The molecule has 9 N–H and O–H groups in total. The first-order chi connectivity index (χ1) is 21.9. The van der Waals surface area contributed by atoms with Crippen molar-refractivity contribution in [3.63, 3.8) is 0 Å². The molecule has 11 atom stereocenters. The van der Waals surface area contributed by atoms with Crippen molar-refractivity contribution in [3.05, 3.63) is 47.5 Å². The summed E-state index contributed by atoms with van der Waals surface area (Å²) in [5.41, 5.74) is 2.72. The Morgan fingerprint density at radius 1 is 0.696 bits per heavy atom. The Morgan fingerprint density at radius 3 is 1.52 bits per heavy atom. The van der Waals surface area contributed by atoms with Crippen molar-refractivity contribution >= 4 is 21.8 Å². The van der Waals surface area contributed by atoms with E-state index in [1.807, 2.05) is 47.8 Å². The van der Waals surface area contributed by atoms with Gasteiger partial charge in [0.25, 0.3) is 0 Å². The SMILES string of the molecule is CN(C)CC(O)Cn1c2ccc(C#C[C@H]3O[C@H](CO)[C@@H](O)[C@H](O)[C@@H]3O)cc2c2cc(C#C[C@H]3O[C@H](CO)[C@@H](O)[C@H](O)[C@@H]3O)ccc21. The van der Waals surface area contributed by atoms with E-state index in [0.717, 1.165) is 21.8 Å². The van der Waals surface area contributed by atoms with E-state index in [1.54, 1.807) is 12.1 Å². The number of likely N-dealkylation sites (N-methyl/N-ethyl adjacent to an activating group) is 1. The van der Waals surface area contributed by atoms with E-state index in [1.165, 1.54) is 0 Å². The van der Waals surface area contributed by atoms with E-state index >= 15 is 0 Å².